The summed E-state index contributed by atoms with van der Waals surface area (Å²) < 4.78 is 4.71. The van der Waals surface area contributed by atoms with E-state index in [2.05, 4.69) is 10.2 Å². The largest absolute Gasteiger partial charge is 0.469 e. The molecule has 1 aliphatic heterocycles. The van der Waals surface area contributed by atoms with Gasteiger partial charge in [-0.1, -0.05) is 6.07 Å². The molecule has 1 aromatic carbocycles. The number of carbonyl (C=O) groups excluding carboxylic acids is 2. The van der Waals surface area contributed by atoms with Crippen molar-refractivity contribution in [3.63, 3.8) is 0 Å². The Morgan fingerprint density at radius 3 is 2.71 bits per heavy atom. The Bertz CT molecular complexity index is 669. The van der Waals surface area contributed by atoms with E-state index in [-0.39, 0.29) is 18.3 Å². The van der Waals surface area contributed by atoms with Crippen molar-refractivity contribution < 1.29 is 14.3 Å². The topological polar surface area (TPSA) is 77.3 Å². The van der Waals surface area contributed by atoms with Crippen LogP contribution in [0.4, 0.5) is 5.69 Å². The van der Waals surface area contributed by atoms with E-state index in [1.807, 2.05) is 24.3 Å². The van der Waals surface area contributed by atoms with Crippen LogP contribution in [-0.2, 0) is 14.3 Å². The molecule has 1 saturated heterocycles. The number of nitrogens with zero attached hydrogens (tertiary/aromatic N) is 4. The van der Waals surface area contributed by atoms with Gasteiger partial charge < -0.3 is 9.64 Å². The molecule has 7 nitrogen and oxygen atoms in total. The first-order valence-corrected chi connectivity index (χ1v) is 6.54. The Labute approximate surface area is 121 Å². The first-order chi connectivity index (χ1) is 10.2. The van der Waals surface area contributed by atoms with Crippen LogP contribution in [0.1, 0.15) is 6.42 Å². The Morgan fingerprint density at radius 2 is 2.00 bits per heavy atom. The molecule has 3 rings (SSSR count). The SMILES string of the molecule is COC(=O)C1CC(=O)N(c2cccc(-n3nccn3)c2)C1. The van der Waals surface area contributed by atoms with Crippen molar-refractivity contribution in [1.82, 2.24) is 15.0 Å². The van der Waals surface area contributed by atoms with Gasteiger partial charge in [-0.25, -0.2) is 0 Å². The molecule has 7 heteroatoms. The number of aromatic nitrogens is 3. The van der Waals surface area contributed by atoms with Crippen molar-refractivity contribution >= 4 is 17.6 Å². The van der Waals surface area contributed by atoms with E-state index >= 15 is 0 Å². The highest BCUT2D eigenvalue weighted by Crippen LogP contribution is 2.27. The van der Waals surface area contributed by atoms with Crippen LogP contribution in [0.3, 0.4) is 0 Å². The van der Waals surface area contributed by atoms with E-state index < -0.39 is 5.92 Å². The Kier molecular flexibility index (Phi) is 3.39. The Morgan fingerprint density at radius 1 is 1.29 bits per heavy atom. The third-order valence-corrected chi connectivity index (χ3v) is 3.45. The van der Waals surface area contributed by atoms with Crippen LogP contribution >= 0.6 is 0 Å². The average Bonchev–Trinajstić information content (AvgIpc) is 3.16. The first-order valence-electron chi connectivity index (χ1n) is 6.54. The van der Waals surface area contributed by atoms with Crippen LogP contribution in [0, 0.1) is 5.92 Å². The number of amides is 1. The molecule has 1 fully saturated rings. The molecule has 1 aromatic heterocycles. The summed E-state index contributed by atoms with van der Waals surface area (Å²) in [4.78, 5) is 26.7. The van der Waals surface area contributed by atoms with Gasteiger partial charge in [0.25, 0.3) is 0 Å². The predicted octanol–water partition coefficient (Wildman–Crippen LogP) is 0.793. The van der Waals surface area contributed by atoms with Gasteiger partial charge in [0, 0.05) is 18.7 Å². The van der Waals surface area contributed by atoms with E-state index in [1.54, 1.807) is 17.3 Å². The smallest absolute Gasteiger partial charge is 0.311 e. The van der Waals surface area contributed by atoms with Gasteiger partial charge in [0.15, 0.2) is 0 Å². The molecule has 0 saturated carbocycles. The summed E-state index contributed by atoms with van der Waals surface area (Å²) in [6.45, 7) is 0.335. The summed E-state index contributed by atoms with van der Waals surface area (Å²) in [6, 6.07) is 7.32. The van der Waals surface area contributed by atoms with Crippen molar-refractivity contribution in [2.45, 2.75) is 6.42 Å². The molecule has 1 atom stereocenters. The molecule has 0 spiro atoms. The standard InChI is InChI=1S/C14H14N4O3/c1-21-14(20)10-7-13(19)17(9-10)11-3-2-4-12(8-11)18-15-5-6-16-18/h2-6,8,10H,7,9H2,1H3. The van der Waals surface area contributed by atoms with Crippen LogP contribution in [0.5, 0.6) is 0 Å². The zero-order chi connectivity index (χ0) is 14.8. The van der Waals surface area contributed by atoms with Crippen LogP contribution < -0.4 is 4.90 Å². The molecule has 2 aromatic rings. The minimum Gasteiger partial charge on any atom is -0.469 e. The number of carbonyl (C=O) groups is 2. The molecular weight excluding hydrogens is 272 g/mol. The predicted molar refractivity (Wildman–Crippen MR) is 73.8 cm³/mol. The summed E-state index contributed by atoms with van der Waals surface area (Å²) in [5, 5.41) is 8.12. The normalized spacial score (nSPS) is 18.0. The van der Waals surface area contributed by atoms with E-state index in [9.17, 15) is 9.59 Å². The number of ether oxygens (including phenoxy) is 1. The van der Waals surface area contributed by atoms with Crippen molar-refractivity contribution in [3.05, 3.63) is 36.7 Å². The minimum atomic E-state index is -0.408. The molecular formula is C14H14N4O3. The summed E-state index contributed by atoms with van der Waals surface area (Å²) in [6.07, 6.45) is 3.35. The highest BCUT2D eigenvalue weighted by atomic mass is 16.5. The van der Waals surface area contributed by atoms with Gasteiger partial charge in [-0.05, 0) is 18.2 Å². The second-order valence-electron chi connectivity index (χ2n) is 4.77. The lowest BCUT2D eigenvalue weighted by Crippen LogP contribution is -2.26. The fraction of sp³-hybridized carbons (Fsp3) is 0.286. The zero-order valence-electron chi connectivity index (χ0n) is 11.5. The van der Waals surface area contributed by atoms with E-state index in [1.165, 1.54) is 11.9 Å². The summed E-state index contributed by atoms with van der Waals surface area (Å²) >= 11 is 0. The molecule has 0 radical (unpaired) electrons. The number of esters is 1. The van der Waals surface area contributed by atoms with Gasteiger partial charge in [0.1, 0.15) is 0 Å². The lowest BCUT2D eigenvalue weighted by molar-refractivity contribution is -0.145. The maximum absolute atomic E-state index is 12.1. The second-order valence-corrected chi connectivity index (χ2v) is 4.77. The number of benzene rings is 1. The van der Waals surface area contributed by atoms with Crippen LogP contribution in [0.25, 0.3) is 5.69 Å². The monoisotopic (exact) mass is 286 g/mol. The molecule has 0 aliphatic carbocycles. The number of hydrogen-bond acceptors (Lipinski definition) is 5. The molecule has 1 unspecified atom stereocenters. The second kappa shape index (κ2) is 5.35. The molecule has 0 N–H and O–H groups in total. The van der Waals surface area contributed by atoms with Crippen LogP contribution in [-0.4, -0.2) is 40.5 Å². The molecule has 1 aliphatic rings. The molecule has 0 bridgehead atoms. The van der Waals surface area contributed by atoms with Gasteiger partial charge in [0.05, 0.1) is 31.1 Å². The fourth-order valence-electron chi connectivity index (χ4n) is 2.42. The quantitative estimate of drug-likeness (QED) is 0.780. The number of rotatable bonds is 3. The van der Waals surface area contributed by atoms with Gasteiger partial charge in [0.2, 0.25) is 5.91 Å². The van der Waals surface area contributed by atoms with E-state index in [0.717, 1.165) is 11.4 Å². The highest BCUT2D eigenvalue weighted by Gasteiger charge is 2.35. The molecule has 1 amide bonds. The maximum Gasteiger partial charge on any atom is 0.311 e. The highest BCUT2D eigenvalue weighted by molar-refractivity contribution is 5.99. The van der Waals surface area contributed by atoms with E-state index in [0.29, 0.717) is 6.54 Å². The lowest BCUT2D eigenvalue weighted by atomic mass is 10.1. The van der Waals surface area contributed by atoms with Gasteiger partial charge in [-0.3, -0.25) is 9.59 Å². The third kappa shape index (κ3) is 2.49. The lowest BCUT2D eigenvalue weighted by Gasteiger charge is -2.17. The Balaban J connectivity index is 1.86. The molecule has 21 heavy (non-hydrogen) atoms. The van der Waals surface area contributed by atoms with E-state index in [4.69, 9.17) is 4.74 Å². The number of methoxy groups -OCH3 is 1. The molecule has 2 heterocycles. The van der Waals surface area contributed by atoms with Crippen molar-refractivity contribution in [2.75, 3.05) is 18.6 Å². The number of hydrogen-bond donors (Lipinski definition) is 0. The average molecular weight is 286 g/mol. The van der Waals surface area contributed by atoms with Crippen molar-refractivity contribution in [1.29, 1.82) is 0 Å². The third-order valence-electron chi connectivity index (χ3n) is 3.45. The summed E-state index contributed by atoms with van der Waals surface area (Å²) in [7, 11) is 1.33. The number of anilines is 1. The van der Waals surface area contributed by atoms with Gasteiger partial charge in [-0.2, -0.15) is 15.0 Å². The fourth-order valence-corrected chi connectivity index (χ4v) is 2.42. The zero-order valence-corrected chi connectivity index (χ0v) is 11.5. The van der Waals surface area contributed by atoms with Gasteiger partial charge in [-0.15, -0.1) is 0 Å². The van der Waals surface area contributed by atoms with Crippen LogP contribution in [0.2, 0.25) is 0 Å². The summed E-state index contributed by atoms with van der Waals surface area (Å²) in [5.74, 6) is -0.847. The van der Waals surface area contributed by atoms with Crippen LogP contribution in [0.15, 0.2) is 36.7 Å². The molecule has 108 valence electrons. The maximum atomic E-state index is 12.1. The Hall–Kier alpha value is -2.70. The van der Waals surface area contributed by atoms with Crippen molar-refractivity contribution in [3.8, 4) is 5.69 Å². The minimum absolute atomic E-state index is 0.0871. The van der Waals surface area contributed by atoms with Gasteiger partial charge >= 0.3 is 5.97 Å². The summed E-state index contributed by atoms with van der Waals surface area (Å²) in [5.41, 5.74) is 1.48. The van der Waals surface area contributed by atoms with Crippen molar-refractivity contribution in [2.24, 2.45) is 5.92 Å². The first kappa shape index (κ1) is 13.3.